The van der Waals surface area contributed by atoms with Crippen LogP contribution in [0.2, 0.25) is 0 Å². The quantitative estimate of drug-likeness (QED) is 0.142. The molecule has 238 valence electrons. The molecule has 0 unspecified atom stereocenters. The smallest absolute Gasteiger partial charge is 0.157 e. The highest BCUT2D eigenvalue weighted by atomic mass is 32.1. The van der Waals surface area contributed by atoms with Gasteiger partial charge in [-0.05, 0) is 58.1 Å². The highest BCUT2D eigenvalue weighted by Gasteiger charge is 2.18. The van der Waals surface area contributed by atoms with Gasteiger partial charge in [0, 0.05) is 42.1 Å². The Morgan fingerprint density at radius 2 is 1.18 bits per heavy atom. The monoisotopic (exact) mass is 661 g/mol. The first-order valence-corrected chi connectivity index (χ1v) is 17.5. The number of thiophene rings is 1. The lowest BCUT2D eigenvalue weighted by atomic mass is 9.96. The van der Waals surface area contributed by atoms with Crippen LogP contribution in [0, 0.1) is 0 Å². The average molecular weight is 662 g/mol. The Morgan fingerprint density at radius 3 is 1.98 bits per heavy atom. The maximum atomic E-state index is 7.07. The van der Waals surface area contributed by atoms with E-state index in [1.807, 2.05) is 42.5 Å². The van der Waals surface area contributed by atoms with Crippen LogP contribution in [0.15, 0.2) is 178 Å². The van der Waals surface area contributed by atoms with Gasteiger partial charge in [0.15, 0.2) is 5.84 Å². The van der Waals surface area contributed by atoms with Crippen molar-refractivity contribution in [1.29, 1.82) is 0 Å². The molecule has 5 heteroatoms. The number of rotatable bonds is 6. The molecule has 0 amide bonds. The summed E-state index contributed by atoms with van der Waals surface area (Å²) in [4.78, 5) is 10.2. The van der Waals surface area contributed by atoms with Gasteiger partial charge in [0.1, 0.15) is 17.0 Å². The van der Waals surface area contributed by atoms with Crippen molar-refractivity contribution >= 4 is 65.1 Å². The second-order valence-corrected chi connectivity index (χ2v) is 13.5. The van der Waals surface area contributed by atoms with E-state index in [1.165, 1.54) is 25.7 Å². The first-order chi connectivity index (χ1) is 24.7. The first kappa shape index (κ1) is 29.8. The van der Waals surface area contributed by atoms with Gasteiger partial charge in [-0.3, -0.25) is 4.99 Å². The molecule has 0 spiro atoms. The molecule has 9 rings (SSSR count). The van der Waals surface area contributed by atoms with Gasteiger partial charge in [-0.25, -0.2) is 4.99 Å². The van der Waals surface area contributed by atoms with Gasteiger partial charge >= 0.3 is 0 Å². The summed E-state index contributed by atoms with van der Waals surface area (Å²) in [5.74, 6) is 0.969. The SMILES string of the molecule is NC(=NC(=NCc1ccccc1)c1ccc2c(c1)sc1ccccc12)c1cc(-c2ccc(-c3ccccc3)cc2)cc2oc3ccccc3c12. The number of furan rings is 1. The van der Waals surface area contributed by atoms with E-state index in [1.54, 1.807) is 11.3 Å². The minimum atomic E-state index is 0.382. The highest BCUT2D eigenvalue weighted by molar-refractivity contribution is 7.25. The Hall–Kier alpha value is -6.30. The summed E-state index contributed by atoms with van der Waals surface area (Å²) < 4.78 is 8.88. The molecule has 7 aromatic carbocycles. The zero-order chi connectivity index (χ0) is 33.4. The molecule has 9 aromatic rings. The second-order valence-electron chi connectivity index (χ2n) is 12.4. The molecular weight excluding hydrogens is 631 g/mol. The Balaban J connectivity index is 1.19. The van der Waals surface area contributed by atoms with Gasteiger partial charge in [0.25, 0.3) is 0 Å². The van der Waals surface area contributed by atoms with Crippen molar-refractivity contribution in [1.82, 2.24) is 0 Å². The molecule has 2 N–H and O–H groups in total. The molecular formula is C45H31N3OS. The number of amidine groups is 2. The molecule has 0 aliphatic heterocycles. The summed E-state index contributed by atoms with van der Waals surface area (Å²) in [5.41, 5.74) is 15.9. The van der Waals surface area contributed by atoms with E-state index in [0.29, 0.717) is 18.2 Å². The first-order valence-electron chi connectivity index (χ1n) is 16.6. The van der Waals surface area contributed by atoms with Crippen LogP contribution in [0.5, 0.6) is 0 Å². The summed E-state index contributed by atoms with van der Waals surface area (Å²) in [6.07, 6.45) is 0. The van der Waals surface area contributed by atoms with Crippen LogP contribution >= 0.6 is 11.3 Å². The summed E-state index contributed by atoms with van der Waals surface area (Å²) in [6, 6.07) is 56.6. The van der Waals surface area contributed by atoms with Gasteiger partial charge < -0.3 is 10.2 Å². The molecule has 0 radical (unpaired) electrons. The van der Waals surface area contributed by atoms with Crippen molar-refractivity contribution in [3.8, 4) is 22.3 Å². The number of nitrogens with zero attached hydrogens (tertiary/aromatic N) is 2. The van der Waals surface area contributed by atoms with Gasteiger partial charge in [0.2, 0.25) is 0 Å². The molecule has 0 fully saturated rings. The van der Waals surface area contributed by atoms with Crippen molar-refractivity contribution < 1.29 is 4.42 Å². The zero-order valence-electron chi connectivity index (χ0n) is 27.1. The van der Waals surface area contributed by atoms with Crippen molar-refractivity contribution in [2.75, 3.05) is 0 Å². The molecule has 2 aromatic heterocycles. The van der Waals surface area contributed by atoms with E-state index in [9.17, 15) is 0 Å². The van der Waals surface area contributed by atoms with E-state index in [-0.39, 0.29) is 0 Å². The number of para-hydroxylation sites is 1. The maximum absolute atomic E-state index is 7.07. The highest BCUT2D eigenvalue weighted by Crippen LogP contribution is 2.37. The predicted octanol–water partition coefficient (Wildman–Crippen LogP) is 11.6. The Morgan fingerprint density at radius 1 is 0.540 bits per heavy atom. The van der Waals surface area contributed by atoms with Crippen molar-refractivity contribution in [2.24, 2.45) is 15.7 Å². The van der Waals surface area contributed by atoms with E-state index in [2.05, 4.69) is 121 Å². The van der Waals surface area contributed by atoms with Crippen LogP contribution in [-0.4, -0.2) is 11.7 Å². The molecule has 0 saturated carbocycles. The molecule has 0 aliphatic rings. The third-order valence-electron chi connectivity index (χ3n) is 9.20. The van der Waals surface area contributed by atoms with Crippen LogP contribution in [0.25, 0.3) is 64.4 Å². The van der Waals surface area contributed by atoms with Crippen LogP contribution < -0.4 is 5.73 Å². The lowest BCUT2D eigenvalue weighted by Crippen LogP contribution is -2.17. The topological polar surface area (TPSA) is 63.9 Å². The summed E-state index contributed by atoms with van der Waals surface area (Å²) in [5, 5.41) is 4.42. The second kappa shape index (κ2) is 12.6. The van der Waals surface area contributed by atoms with E-state index in [0.717, 1.165) is 55.3 Å². The number of nitrogens with two attached hydrogens (primary N) is 1. The Kier molecular flexibility index (Phi) is 7.52. The molecule has 0 aliphatic carbocycles. The number of benzene rings is 7. The van der Waals surface area contributed by atoms with E-state index < -0.39 is 0 Å². The Bertz CT molecular complexity index is 2720. The maximum Gasteiger partial charge on any atom is 0.157 e. The fourth-order valence-corrected chi connectivity index (χ4v) is 7.83. The van der Waals surface area contributed by atoms with Crippen molar-refractivity contribution in [2.45, 2.75) is 6.54 Å². The standard InChI is InChI=1S/C45H31N3OS/c46-44(48-45(47-28-29-11-3-1-4-12-29)33-23-24-36-35-15-8-10-18-41(35)50-42(36)27-33)38-25-34(26-40-43(38)37-16-7-9-17-39(37)49-40)32-21-19-31(20-22-32)30-13-5-2-6-14-30/h1-27H,28H2,(H2,46,47,48). The van der Waals surface area contributed by atoms with Crippen LogP contribution in [-0.2, 0) is 6.54 Å². The zero-order valence-corrected chi connectivity index (χ0v) is 27.9. The average Bonchev–Trinajstić information content (AvgIpc) is 3.75. The largest absolute Gasteiger partial charge is 0.456 e. The lowest BCUT2D eigenvalue weighted by Gasteiger charge is -2.10. The van der Waals surface area contributed by atoms with Crippen LogP contribution in [0.1, 0.15) is 16.7 Å². The number of aliphatic imine (C=N–C) groups is 2. The molecule has 2 heterocycles. The summed E-state index contributed by atoms with van der Waals surface area (Å²) in [7, 11) is 0. The molecule has 0 atom stereocenters. The lowest BCUT2D eigenvalue weighted by molar-refractivity contribution is 0.669. The molecule has 50 heavy (non-hydrogen) atoms. The van der Waals surface area contributed by atoms with Gasteiger partial charge in [0.05, 0.1) is 6.54 Å². The summed E-state index contributed by atoms with van der Waals surface area (Å²) in [6.45, 7) is 0.481. The fraction of sp³-hybridized carbons (Fsp3) is 0.0222. The number of hydrogen-bond acceptors (Lipinski definition) is 3. The van der Waals surface area contributed by atoms with Crippen molar-refractivity contribution in [3.63, 3.8) is 0 Å². The molecule has 0 bridgehead atoms. The number of fused-ring (bicyclic) bond motifs is 6. The minimum absolute atomic E-state index is 0.382. The predicted molar refractivity (Wildman–Crippen MR) is 211 cm³/mol. The van der Waals surface area contributed by atoms with Gasteiger partial charge in [-0.2, -0.15) is 0 Å². The summed E-state index contributed by atoms with van der Waals surface area (Å²) >= 11 is 1.78. The minimum Gasteiger partial charge on any atom is -0.456 e. The third kappa shape index (κ3) is 5.54. The molecule has 0 saturated heterocycles. The Labute approximate surface area is 293 Å². The third-order valence-corrected chi connectivity index (χ3v) is 10.3. The van der Waals surface area contributed by atoms with Crippen LogP contribution in [0.4, 0.5) is 0 Å². The normalized spacial score (nSPS) is 12.4. The number of hydrogen-bond donors (Lipinski definition) is 1. The van der Waals surface area contributed by atoms with E-state index >= 15 is 0 Å². The fourth-order valence-electron chi connectivity index (χ4n) is 6.69. The van der Waals surface area contributed by atoms with Crippen LogP contribution in [0.3, 0.4) is 0 Å². The van der Waals surface area contributed by atoms with E-state index in [4.69, 9.17) is 20.1 Å². The van der Waals surface area contributed by atoms with Gasteiger partial charge in [-0.15, -0.1) is 11.3 Å². The van der Waals surface area contributed by atoms with Crippen molar-refractivity contribution in [3.05, 3.63) is 180 Å². The molecule has 4 nitrogen and oxygen atoms in total. The van der Waals surface area contributed by atoms with Gasteiger partial charge in [-0.1, -0.05) is 133 Å².